The summed E-state index contributed by atoms with van der Waals surface area (Å²) in [6.45, 7) is 6.04. The fourth-order valence-corrected chi connectivity index (χ4v) is 4.62. The van der Waals surface area contributed by atoms with Crippen LogP contribution in [0.15, 0.2) is 35.1 Å². The first kappa shape index (κ1) is 20.8. The summed E-state index contributed by atoms with van der Waals surface area (Å²) in [6, 6.07) is 9.97. The highest BCUT2D eigenvalue weighted by molar-refractivity contribution is 5.82. The number of hydrogen-bond acceptors (Lipinski definition) is 7. The minimum Gasteiger partial charge on any atom is -0.493 e. The van der Waals surface area contributed by atoms with Crippen LogP contribution in [0.4, 0.5) is 5.95 Å². The summed E-state index contributed by atoms with van der Waals surface area (Å²) in [7, 11) is 3.13. The van der Waals surface area contributed by atoms with E-state index in [1.54, 1.807) is 26.4 Å². The molecule has 0 spiro atoms. The van der Waals surface area contributed by atoms with Gasteiger partial charge in [0.1, 0.15) is 0 Å². The predicted octanol–water partition coefficient (Wildman–Crippen LogP) is 2.34. The number of morpholine rings is 1. The Morgan fingerprint density at radius 1 is 1.09 bits per heavy atom. The normalized spacial score (nSPS) is 16.8. The molecule has 32 heavy (non-hydrogen) atoms. The maximum atomic E-state index is 12.8. The number of H-pyrrole nitrogens is 1. The number of nitrogens with one attached hydrogen (secondary N) is 1. The van der Waals surface area contributed by atoms with Crippen LogP contribution in [0.2, 0.25) is 0 Å². The summed E-state index contributed by atoms with van der Waals surface area (Å²) < 4.78 is 16.2. The summed E-state index contributed by atoms with van der Waals surface area (Å²) in [5, 5.41) is 0.483. The molecule has 0 unspecified atom stereocenters. The molecule has 8 heteroatoms. The first-order valence-electron chi connectivity index (χ1n) is 11.0. The molecule has 1 fully saturated rings. The van der Waals surface area contributed by atoms with Crippen molar-refractivity contribution < 1.29 is 14.2 Å². The molecule has 1 saturated heterocycles. The highest BCUT2D eigenvalue weighted by Gasteiger charge is 2.22. The molecular weight excluding hydrogens is 408 g/mol. The minimum atomic E-state index is -0.183. The second kappa shape index (κ2) is 8.80. The molecule has 3 heterocycles. The molecule has 0 saturated carbocycles. The standard InChI is InChI=1S/C24H28N4O4/c1-30-21-12-19-20(13-22(21)31-2)25-24(26-23(19)29)28-7-6-18-16(4-3-5-17(18)15-28)14-27-8-10-32-11-9-27/h3-5,12-13H,6-11,14-15H2,1-2H3,(H,25,26,29). The van der Waals surface area contributed by atoms with Crippen molar-refractivity contribution in [1.82, 2.24) is 14.9 Å². The molecule has 2 aliphatic heterocycles. The number of hydrogen-bond donors (Lipinski definition) is 1. The zero-order valence-electron chi connectivity index (χ0n) is 18.5. The number of nitrogens with zero attached hydrogens (tertiary/aromatic N) is 3. The molecule has 0 bridgehead atoms. The number of aromatic nitrogens is 2. The smallest absolute Gasteiger partial charge is 0.260 e. The van der Waals surface area contributed by atoms with Crippen molar-refractivity contribution >= 4 is 16.9 Å². The van der Waals surface area contributed by atoms with Gasteiger partial charge in [-0.1, -0.05) is 18.2 Å². The predicted molar refractivity (Wildman–Crippen MR) is 123 cm³/mol. The van der Waals surface area contributed by atoms with E-state index in [9.17, 15) is 4.79 Å². The van der Waals surface area contributed by atoms with E-state index in [2.05, 4.69) is 33.0 Å². The Balaban J connectivity index is 1.43. The van der Waals surface area contributed by atoms with E-state index < -0.39 is 0 Å². The molecule has 1 N–H and O–H groups in total. The van der Waals surface area contributed by atoms with E-state index in [1.807, 2.05) is 0 Å². The lowest BCUT2D eigenvalue weighted by Gasteiger charge is -2.32. The third-order valence-electron chi connectivity index (χ3n) is 6.36. The lowest BCUT2D eigenvalue weighted by atomic mass is 9.94. The van der Waals surface area contributed by atoms with E-state index in [4.69, 9.17) is 19.2 Å². The van der Waals surface area contributed by atoms with Gasteiger partial charge in [-0.3, -0.25) is 14.7 Å². The second-order valence-corrected chi connectivity index (χ2v) is 8.23. The molecule has 0 radical (unpaired) electrons. The van der Waals surface area contributed by atoms with Crippen molar-refractivity contribution in [3.8, 4) is 11.5 Å². The third-order valence-corrected chi connectivity index (χ3v) is 6.36. The minimum absolute atomic E-state index is 0.183. The molecular formula is C24H28N4O4. The molecule has 2 aliphatic rings. The largest absolute Gasteiger partial charge is 0.493 e. The highest BCUT2D eigenvalue weighted by Crippen LogP contribution is 2.31. The van der Waals surface area contributed by atoms with Crippen molar-refractivity contribution in [3.05, 3.63) is 57.4 Å². The number of rotatable bonds is 5. The first-order chi connectivity index (χ1) is 15.7. The van der Waals surface area contributed by atoms with E-state index in [1.165, 1.54) is 16.7 Å². The Morgan fingerprint density at radius 3 is 2.66 bits per heavy atom. The maximum absolute atomic E-state index is 12.8. The van der Waals surface area contributed by atoms with Crippen LogP contribution in [0, 0.1) is 0 Å². The van der Waals surface area contributed by atoms with Crippen molar-refractivity contribution in [2.75, 3.05) is 52.0 Å². The van der Waals surface area contributed by atoms with Crippen molar-refractivity contribution in [1.29, 1.82) is 0 Å². The van der Waals surface area contributed by atoms with Gasteiger partial charge in [0.2, 0.25) is 5.95 Å². The van der Waals surface area contributed by atoms with Gasteiger partial charge in [0.05, 0.1) is 38.3 Å². The Hall–Kier alpha value is -3.10. The van der Waals surface area contributed by atoms with Crippen LogP contribution in [-0.2, 0) is 24.2 Å². The van der Waals surface area contributed by atoms with Crippen molar-refractivity contribution in [2.45, 2.75) is 19.5 Å². The van der Waals surface area contributed by atoms with E-state index in [0.717, 1.165) is 45.8 Å². The van der Waals surface area contributed by atoms with Gasteiger partial charge in [-0.05, 0) is 29.2 Å². The summed E-state index contributed by atoms with van der Waals surface area (Å²) in [4.78, 5) is 25.1. The monoisotopic (exact) mass is 436 g/mol. The molecule has 1 aromatic heterocycles. The van der Waals surface area contributed by atoms with Crippen LogP contribution in [0.5, 0.6) is 11.5 Å². The molecule has 8 nitrogen and oxygen atoms in total. The lowest BCUT2D eigenvalue weighted by Crippen LogP contribution is -2.37. The van der Waals surface area contributed by atoms with Gasteiger partial charge in [0, 0.05) is 38.8 Å². The average Bonchev–Trinajstić information content (AvgIpc) is 2.83. The van der Waals surface area contributed by atoms with E-state index >= 15 is 0 Å². The van der Waals surface area contributed by atoms with Crippen LogP contribution in [-0.4, -0.2) is 61.9 Å². The van der Waals surface area contributed by atoms with Crippen LogP contribution in [0.25, 0.3) is 10.9 Å². The van der Waals surface area contributed by atoms with Gasteiger partial charge in [-0.2, -0.15) is 0 Å². The fraction of sp³-hybridized carbons (Fsp3) is 0.417. The van der Waals surface area contributed by atoms with Gasteiger partial charge < -0.3 is 19.1 Å². The molecule has 3 aromatic rings. The number of fused-ring (bicyclic) bond motifs is 2. The SMILES string of the molecule is COc1cc2nc(N3CCc4c(CN5CCOCC5)cccc4C3)[nH]c(=O)c2cc1OC. The Labute approximate surface area is 186 Å². The molecule has 0 amide bonds. The Bertz CT molecular complexity index is 1190. The maximum Gasteiger partial charge on any atom is 0.260 e. The number of methoxy groups -OCH3 is 2. The molecule has 2 aromatic carbocycles. The van der Waals surface area contributed by atoms with Crippen LogP contribution < -0.4 is 19.9 Å². The van der Waals surface area contributed by atoms with Crippen molar-refractivity contribution in [2.24, 2.45) is 0 Å². The molecule has 0 atom stereocenters. The first-order valence-corrected chi connectivity index (χ1v) is 11.0. The molecule has 168 valence electrons. The highest BCUT2D eigenvalue weighted by atomic mass is 16.5. The third kappa shape index (κ3) is 3.91. The number of benzene rings is 2. The Morgan fingerprint density at radius 2 is 1.88 bits per heavy atom. The number of anilines is 1. The zero-order chi connectivity index (χ0) is 22.1. The summed E-state index contributed by atoms with van der Waals surface area (Å²) in [5.74, 6) is 1.65. The molecule has 5 rings (SSSR count). The van der Waals surface area contributed by atoms with Gasteiger partial charge >= 0.3 is 0 Å². The summed E-state index contributed by atoms with van der Waals surface area (Å²) in [5.41, 5.74) is 4.51. The van der Waals surface area contributed by atoms with Gasteiger partial charge in [-0.25, -0.2) is 4.98 Å². The van der Waals surface area contributed by atoms with Crippen LogP contribution in [0.1, 0.15) is 16.7 Å². The zero-order valence-corrected chi connectivity index (χ0v) is 18.5. The average molecular weight is 437 g/mol. The van der Waals surface area contributed by atoms with Gasteiger partial charge in [-0.15, -0.1) is 0 Å². The topological polar surface area (TPSA) is 79.9 Å². The second-order valence-electron chi connectivity index (χ2n) is 8.23. The summed E-state index contributed by atoms with van der Waals surface area (Å²) in [6.07, 6.45) is 0.920. The number of aromatic amines is 1. The fourth-order valence-electron chi connectivity index (χ4n) is 4.62. The van der Waals surface area contributed by atoms with Crippen LogP contribution in [0.3, 0.4) is 0 Å². The lowest BCUT2D eigenvalue weighted by molar-refractivity contribution is 0.0340. The number of ether oxygens (including phenoxy) is 3. The molecule has 0 aliphatic carbocycles. The Kier molecular flexibility index (Phi) is 5.71. The quantitative estimate of drug-likeness (QED) is 0.658. The van der Waals surface area contributed by atoms with Crippen LogP contribution >= 0.6 is 0 Å². The van der Waals surface area contributed by atoms with Gasteiger partial charge in [0.15, 0.2) is 11.5 Å². The van der Waals surface area contributed by atoms with Crippen molar-refractivity contribution in [3.63, 3.8) is 0 Å². The van der Waals surface area contributed by atoms with Gasteiger partial charge in [0.25, 0.3) is 5.56 Å². The van der Waals surface area contributed by atoms with E-state index in [-0.39, 0.29) is 5.56 Å². The summed E-state index contributed by atoms with van der Waals surface area (Å²) >= 11 is 0. The van der Waals surface area contributed by atoms with E-state index in [0.29, 0.717) is 34.9 Å².